The summed E-state index contributed by atoms with van der Waals surface area (Å²) in [5.74, 6) is -0.309. The van der Waals surface area contributed by atoms with Gasteiger partial charge >= 0.3 is 0 Å². The lowest BCUT2D eigenvalue weighted by atomic mass is 10.1. The third-order valence-electron chi connectivity index (χ3n) is 3.55. The van der Waals surface area contributed by atoms with E-state index in [0.29, 0.717) is 11.1 Å². The lowest BCUT2D eigenvalue weighted by Gasteiger charge is -2.20. The maximum absolute atomic E-state index is 12.1. The summed E-state index contributed by atoms with van der Waals surface area (Å²) in [7, 11) is 0. The maximum atomic E-state index is 12.1. The lowest BCUT2D eigenvalue weighted by molar-refractivity contribution is -0.385. The molecule has 0 aliphatic carbocycles. The highest BCUT2D eigenvalue weighted by Crippen LogP contribution is 2.20. The molecule has 1 N–H and O–H groups in total. The van der Waals surface area contributed by atoms with Gasteiger partial charge in [0.2, 0.25) is 0 Å². The first-order valence-corrected chi connectivity index (χ1v) is 6.66. The highest BCUT2D eigenvalue weighted by molar-refractivity contribution is 5.95. The Kier molecular flexibility index (Phi) is 4.34. The van der Waals surface area contributed by atoms with Crippen molar-refractivity contribution in [2.24, 2.45) is 0 Å². The Morgan fingerprint density at radius 3 is 2.90 bits per heavy atom. The Bertz CT molecular complexity index is 524. The topological polar surface area (TPSA) is 81.5 Å². The van der Waals surface area contributed by atoms with Gasteiger partial charge in [0.25, 0.3) is 11.6 Å². The van der Waals surface area contributed by atoms with Crippen molar-refractivity contribution >= 4 is 11.6 Å². The van der Waals surface area contributed by atoms with Crippen molar-refractivity contribution < 1.29 is 14.5 Å². The zero-order chi connectivity index (χ0) is 14.7. The molecule has 1 aromatic rings. The normalized spacial score (nSPS) is 19.6. The number of benzene rings is 1. The van der Waals surface area contributed by atoms with Crippen LogP contribution < -0.4 is 5.32 Å². The number of hydrogen-bond acceptors (Lipinski definition) is 4. The summed E-state index contributed by atoms with van der Waals surface area (Å²) in [5, 5.41) is 13.7. The third kappa shape index (κ3) is 3.14. The number of carbonyl (C=O) groups excluding carboxylic acids is 1. The summed E-state index contributed by atoms with van der Waals surface area (Å²) in [6.45, 7) is 4.26. The van der Waals surface area contributed by atoms with Crippen molar-refractivity contribution in [1.29, 1.82) is 0 Å². The zero-order valence-electron chi connectivity index (χ0n) is 11.6. The molecule has 1 aliphatic rings. The summed E-state index contributed by atoms with van der Waals surface area (Å²) in [6.07, 6.45) is 1.95. The second kappa shape index (κ2) is 6.00. The molecule has 0 bridgehead atoms. The molecule has 6 nitrogen and oxygen atoms in total. The fraction of sp³-hybridized carbons (Fsp3) is 0.500. The lowest BCUT2D eigenvalue weighted by Crippen LogP contribution is -2.40. The van der Waals surface area contributed by atoms with Crippen molar-refractivity contribution in [2.45, 2.75) is 38.8 Å². The van der Waals surface area contributed by atoms with E-state index in [4.69, 9.17) is 4.74 Å². The Balaban J connectivity index is 2.08. The Morgan fingerprint density at radius 1 is 1.55 bits per heavy atom. The van der Waals surface area contributed by atoms with Gasteiger partial charge in [-0.05, 0) is 32.8 Å². The molecule has 0 radical (unpaired) electrons. The molecule has 2 atom stereocenters. The number of hydrogen-bond donors (Lipinski definition) is 1. The molecule has 2 rings (SSSR count). The quantitative estimate of drug-likeness (QED) is 0.676. The zero-order valence-corrected chi connectivity index (χ0v) is 11.6. The van der Waals surface area contributed by atoms with Gasteiger partial charge in [-0.15, -0.1) is 0 Å². The molecule has 1 saturated heterocycles. The summed E-state index contributed by atoms with van der Waals surface area (Å²) in [5.41, 5.74) is 0.799. The molecule has 0 aromatic heterocycles. The van der Waals surface area contributed by atoms with Gasteiger partial charge in [-0.1, -0.05) is 6.07 Å². The first-order valence-electron chi connectivity index (χ1n) is 6.66. The number of nitrogens with one attached hydrogen (secondary N) is 1. The maximum Gasteiger partial charge on any atom is 0.273 e. The number of carbonyl (C=O) groups is 1. The van der Waals surface area contributed by atoms with Crippen LogP contribution in [0.5, 0.6) is 0 Å². The van der Waals surface area contributed by atoms with Gasteiger partial charge in [0.1, 0.15) is 0 Å². The van der Waals surface area contributed by atoms with Crippen LogP contribution in [0.2, 0.25) is 0 Å². The molecule has 1 aromatic carbocycles. The van der Waals surface area contributed by atoms with Crippen LogP contribution in [0.1, 0.15) is 35.7 Å². The van der Waals surface area contributed by atoms with E-state index >= 15 is 0 Å². The number of nitrogens with zero attached hydrogens (tertiary/aromatic N) is 1. The molecule has 6 heteroatoms. The van der Waals surface area contributed by atoms with Crippen LogP contribution in [-0.4, -0.2) is 29.6 Å². The fourth-order valence-corrected chi connectivity index (χ4v) is 2.33. The highest BCUT2D eigenvalue weighted by atomic mass is 16.6. The molecule has 0 unspecified atom stereocenters. The minimum atomic E-state index is -0.477. The smallest absolute Gasteiger partial charge is 0.273 e. The van der Waals surface area contributed by atoms with Crippen molar-refractivity contribution in [3.05, 3.63) is 39.4 Å². The second-order valence-electron chi connectivity index (χ2n) is 5.07. The molecule has 1 amide bonds. The van der Waals surface area contributed by atoms with Crippen molar-refractivity contribution in [1.82, 2.24) is 5.32 Å². The van der Waals surface area contributed by atoms with Gasteiger partial charge in [0.15, 0.2) is 0 Å². The minimum Gasteiger partial charge on any atom is -0.376 e. The van der Waals surface area contributed by atoms with Gasteiger partial charge in [-0.2, -0.15) is 0 Å². The molecular formula is C14H18N2O4. The van der Waals surface area contributed by atoms with Crippen molar-refractivity contribution in [3.8, 4) is 0 Å². The number of nitro benzene ring substituents is 1. The van der Waals surface area contributed by atoms with E-state index in [2.05, 4.69) is 5.32 Å². The monoisotopic (exact) mass is 278 g/mol. The predicted octanol–water partition coefficient (Wildman–Crippen LogP) is 2.20. The largest absolute Gasteiger partial charge is 0.376 e. The third-order valence-corrected chi connectivity index (χ3v) is 3.55. The first-order chi connectivity index (χ1) is 9.49. The molecular weight excluding hydrogens is 260 g/mol. The molecule has 108 valence electrons. The summed E-state index contributed by atoms with van der Waals surface area (Å²) < 4.78 is 5.51. The summed E-state index contributed by atoms with van der Waals surface area (Å²) >= 11 is 0. The number of aryl methyl sites for hydroxylation is 1. The van der Waals surface area contributed by atoms with Crippen LogP contribution in [-0.2, 0) is 4.74 Å². The van der Waals surface area contributed by atoms with Crippen molar-refractivity contribution in [2.75, 3.05) is 6.61 Å². The molecule has 20 heavy (non-hydrogen) atoms. The number of amides is 1. The minimum absolute atomic E-state index is 0.0272. The Hall–Kier alpha value is -1.95. The standard InChI is InChI=1S/C14H18N2O4/c1-9-5-6-11(8-12(9)16(18)19)14(17)15-10(2)13-4-3-7-20-13/h5-6,8,10,13H,3-4,7H2,1-2H3,(H,15,17)/t10-,13-/m1/s1. The predicted molar refractivity (Wildman–Crippen MR) is 73.7 cm³/mol. The van der Waals surface area contributed by atoms with E-state index < -0.39 is 4.92 Å². The van der Waals surface area contributed by atoms with E-state index in [1.165, 1.54) is 6.07 Å². The average Bonchev–Trinajstić information content (AvgIpc) is 2.92. The van der Waals surface area contributed by atoms with Crippen molar-refractivity contribution in [3.63, 3.8) is 0 Å². The highest BCUT2D eigenvalue weighted by Gasteiger charge is 2.24. The van der Waals surface area contributed by atoms with E-state index in [1.807, 2.05) is 6.92 Å². The van der Waals surface area contributed by atoms with Crippen LogP contribution in [0.25, 0.3) is 0 Å². The first kappa shape index (κ1) is 14.5. The molecule has 0 saturated carbocycles. The van der Waals surface area contributed by atoms with Gasteiger partial charge in [-0.25, -0.2) is 0 Å². The van der Waals surface area contributed by atoms with Gasteiger partial charge < -0.3 is 10.1 Å². The van der Waals surface area contributed by atoms with Gasteiger partial charge in [0, 0.05) is 23.8 Å². The molecule has 1 heterocycles. The fourth-order valence-electron chi connectivity index (χ4n) is 2.33. The van der Waals surface area contributed by atoms with Crippen LogP contribution >= 0.6 is 0 Å². The van der Waals surface area contributed by atoms with E-state index in [-0.39, 0.29) is 23.7 Å². The average molecular weight is 278 g/mol. The van der Waals surface area contributed by atoms with Crippen LogP contribution in [0.15, 0.2) is 18.2 Å². The van der Waals surface area contributed by atoms with Gasteiger partial charge in [-0.3, -0.25) is 14.9 Å². The van der Waals surface area contributed by atoms with Crippen LogP contribution in [0.4, 0.5) is 5.69 Å². The van der Waals surface area contributed by atoms with E-state index in [1.54, 1.807) is 19.1 Å². The second-order valence-corrected chi connectivity index (χ2v) is 5.07. The molecule has 0 spiro atoms. The summed E-state index contributed by atoms with van der Waals surface area (Å²) in [6, 6.07) is 4.39. The van der Waals surface area contributed by atoms with Crippen LogP contribution in [0, 0.1) is 17.0 Å². The number of nitro groups is 1. The summed E-state index contributed by atoms with van der Waals surface area (Å²) in [4.78, 5) is 22.5. The Labute approximate surface area is 117 Å². The molecule has 1 aliphatic heterocycles. The number of rotatable bonds is 4. The SMILES string of the molecule is Cc1ccc(C(=O)N[C@H](C)[C@H]2CCCO2)cc1[N+](=O)[O-]. The van der Waals surface area contributed by atoms with Gasteiger partial charge in [0.05, 0.1) is 17.1 Å². The number of ether oxygens (including phenoxy) is 1. The van der Waals surface area contributed by atoms with E-state index in [0.717, 1.165) is 19.4 Å². The van der Waals surface area contributed by atoms with E-state index in [9.17, 15) is 14.9 Å². The molecule has 1 fully saturated rings. The van der Waals surface area contributed by atoms with Crippen LogP contribution in [0.3, 0.4) is 0 Å². The Morgan fingerprint density at radius 2 is 2.30 bits per heavy atom.